The maximum absolute atomic E-state index is 4.31. The molecule has 4 aromatic rings. The van der Waals surface area contributed by atoms with Gasteiger partial charge in [-0.05, 0) is 50.5 Å². The number of rotatable bonds is 1. The average molecular weight is 295 g/mol. The number of nitrogens with zero attached hydrogens (tertiary/aromatic N) is 2. The average Bonchev–Trinajstić information content (AvgIpc) is 2.89. The lowest BCUT2D eigenvalue weighted by Crippen LogP contribution is -1.90. The Morgan fingerprint density at radius 2 is 1.57 bits per heavy atom. The van der Waals surface area contributed by atoms with E-state index in [1.807, 2.05) is 12.2 Å². The molecule has 3 nitrogen and oxygen atoms in total. The standard InChI is InChI=1S/C20H13N3/c1-4-13-9-10-14-5-2-7-16-17(18-8-3-11-21-23-22-18)12-15(6-1)19(13)20(14)16/h1-12H,(H,21,22). The molecule has 0 fully saturated rings. The molecule has 0 unspecified atom stereocenters. The van der Waals surface area contributed by atoms with Gasteiger partial charge in [0.05, 0.1) is 5.70 Å². The van der Waals surface area contributed by atoms with Crippen LogP contribution < -0.4 is 5.43 Å². The zero-order valence-corrected chi connectivity index (χ0v) is 12.3. The van der Waals surface area contributed by atoms with Crippen LogP contribution >= 0.6 is 0 Å². The van der Waals surface area contributed by atoms with Crippen LogP contribution in [-0.4, -0.2) is 0 Å². The van der Waals surface area contributed by atoms with Crippen LogP contribution in [0.3, 0.4) is 0 Å². The maximum Gasteiger partial charge on any atom is 0.0953 e. The molecule has 1 aliphatic heterocycles. The second-order valence-electron chi connectivity index (χ2n) is 5.71. The fourth-order valence-corrected chi connectivity index (χ4v) is 3.45. The highest BCUT2D eigenvalue weighted by Gasteiger charge is 2.14. The van der Waals surface area contributed by atoms with E-state index in [-0.39, 0.29) is 0 Å². The van der Waals surface area contributed by atoms with Crippen LogP contribution in [0.15, 0.2) is 83.3 Å². The zero-order chi connectivity index (χ0) is 15.2. The molecule has 5 rings (SSSR count). The Balaban J connectivity index is 2.00. The van der Waals surface area contributed by atoms with Crippen LogP contribution in [0.1, 0.15) is 5.56 Å². The van der Waals surface area contributed by atoms with Crippen LogP contribution in [-0.2, 0) is 0 Å². The van der Waals surface area contributed by atoms with Gasteiger partial charge < -0.3 is 0 Å². The molecular weight excluding hydrogens is 282 g/mol. The van der Waals surface area contributed by atoms with E-state index in [0.717, 1.165) is 11.3 Å². The van der Waals surface area contributed by atoms with Crippen molar-refractivity contribution >= 4 is 38.0 Å². The van der Waals surface area contributed by atoms with Crippen molar-refractivity contribution in [2.24, 2.45) is 10.3 Å². The van der Waals surface area contributed by atoms with Gasteiger partial charge in [-0.3, -0.25) is 5.43 Å². The van der Waals surface area contributed by atoms with Crippen LogP contribution in [0.2, 0.25) is 0 Å². The monoisotopic (exact) mass is 295 g/mol. The van der Waals surface area contributed by atoms with Gasteiger partial charge in [0.15, 0.2) is 0 Å². The Bertz CT molecular complexity index is 1140. The number of hydrogen-bond donors (Lipinski definition) is 1. The maximum atomic E-state index is 4.31. The van der Waals surface area contributed by atoms with Gasteiger partial charge in [-0.25, -0.2) is 0 Å². The first-order valence-electron chi connectivity index (χ1n) is 7.62. The van der Waals surface area contributed by atoms with E-state index in [4.69, 9.17) is 0 Å². The minimum atomic E-state index is 0.866. The third kappa shape index (κ3) is 1.77. The second-order valence-corrected chi connectivity index (χ2v) is 5.71. The summed E-state index contributed by atoms with van der Waals surface area (Å²) >= 11 is 0. The van der Waals surface area contributed by atoms with Crippen molar-refractivity contribution < 1.29 is 0 Å². The predicted octanol–water partition coefficient (Wildman–Crippen LogP) is 5.41. The Labute approximate surface area is 132 Å². The summed E-state index contributed by atoms with van der Waals surface area (Å²) in [6.45, 7) is 0. The molecule has 0 saturated carbocycles. The largest absolute Gasteiger partial charge is 0.267 e. The molecular formula is C20H13N3. The predicted molar refractivity (Wildman–Crippen MR) is 95.3 cm³/mol. The summed E-state index contributed by atoms with van der Waals surface area (Å²) in [6, 6.07) is 19.5. The van der Waals surface area contributed by atoms with E-state index < -0.39 is 0 Å². The van der Waals surface area contributed by atoms with Crippen molar-refractivity contribution in [3.05, 3.63) is 78.5 Å². The summed E-state index contributed by atoms with van der Waals surface area (Å²) < 4.78 is 0. The highest BCUT2D eigenvalue weighted by Crippen LogP contribution is 2.38. The quantitative estimate of drug-likeness (QED) is 0.468. The molecule has 0 bridgehead atoms. The molecule has 0 radical (unpaired) electrons. The van der Waals surface area contributed by atoms with Gasteiger partial charge in [-0.15, -0.1) is 5.11 Å². The summed E-state index contributed by atoms with van der Waals surface area (Å²) in [5.41, 5.74) is 4.75. The molecule has 0 spiro atoms. The van der Waals surface area contributed by atoms with Crippen molar-refractivity contribution in [1.29, 1.82) is 0 Å². The lowest BCUT2D eigenvalue weighted by molar-refractivity contribution is 0.882. The Hall–Kier alpha value is -3.20. The van der Waals surface area contributed by atoms with Crippen LogP contribution in [0.5, 0.6) is 0 Å². The number of nitrogens with one attached hydrogen (secondary N) is 1. The Morgan fingerprint density at radius 1 is 0.783 bits per heavy atom. The molecule has 0 amide bonds. The van der Waals surface area contributed by atoms with E-state index in [1.54, 1.807) is 6.20 Å². The summed E-state index contributed by atoms with van der Waals surface area (Å²) in [7, 11) is 0. The van der Waals surface area contributed by atoms with Crippen LogP contribution in [0, 0.1) is 0 Å². The van der Waals surface area contributed by atoms with E-state index in [9.17, 15) is 0 Å². The van der Waals surface area contributed by atoms with Gasteiger partial charge >= 0.3 is 0 Å². The smallest absolute Gasteiger partial charge is 0.0953 e. The minimum absolute atomic E-state index is 0.866. The van der Waals surface area contributed by atoms with Gasteiger partial charge in [0, 0.05) is 11.8 Å². The van der Waals surface area contributed by atoms with Crippen molar-refractivity contribution in [3.63, 3.8) is 0 Å². The summed E-state index contributed by atoms with van der Waals surface area (Å²) in [6.07, 6.45) is 5.69. The van der Waals surface area contributed by atoms with Crippen molar-refractivity contribution in [3.8, 4) is 0 Å². The SMILES string of the molecule is C1=CNN=NC(c2cc3cccc4ccc5cccc2c5c43)=C1. The third-order valence-corrected chi connectivity index (χ3v) is 4.42. The molecule has 0 saturated heterocycles. The number of benzene rings is 4. The highest BCUT2D eigenvalue weighted by molar-refractivity contribution is 6.25. The molecule has 0 aromatic heterocycles. The van der Waals surface area contributed by atoms with Gasteiger partial charge in [0.25, 0.3) is 0 Å². The van der Waals surface area contributed by atoms with Crippen molar-refractivity contribution in [2.45, 2.75) is 0 Å². The van der Waals surface area contributed by atoms with Gasteiger partial charge in [-0.2, -0.15) is 0 Å². The van der Waals surface area contributed by atoms with Crippen LogP contribution in [0.4, 0.5) is 0 Å². The van der Waals surface area contributed by atoms with E-state index in [1.165, 1.54) is 32.3 Å². The minimum Gasteiger partial charge on any atom is -0.267 e. The fraction of sp³-hybridized carbons (Fsp3) is 0. The van der Waals surface area contributed by atoms with Crippen molar-refractivity contribution in [1.82, 2.24) is 5.43 Å². The topological polar surface area (TPSA) is 36.8 Å². The van der Waals surface area contributed by atoms with Gasteiger partial charge in [0.2, 0.25) is 0 Å². The number of hydrogen-bond acceptors (Lipinski definition) is 3. The van der Waals surface area contributed by atoms with E-state index in [2.05, 4.69) is 70.4 Å². The molecule has 0 atom stereocenters. The molecule has 108 valence electrons. The molecule has 0 aliphatic carbocycles. The zero-order valence-electron chi connectivity index (χ0n) is 12.3. The lowest BCUT2D eigenvalue weighted by atomic mass is 9.90. The molecule has 3 heteroatoms. The number of allylic oxidation sites excluding steroid dienone is 2. The van der Waals surface area contributed by atoms with E-state index >= 15 is 0 Å². The third-order valence-electron chi connectivity index (χ3n) is 4.42. The Kier molecular flexibility index (Phi) is 2.50. The summed E-state index contributed by atoms with van der Waals surface area (Å²) in [5, 5.41) is 15.9. The molecule has 1 aliphatic rings. The van der Waals surface area contributed by atoms with Crippen molar-refractivity contribution in [2.75, 3.05) is 0 Å². The van der Waals surface area contributed by atoms with Crippen LogP contribution in [0.25, 0.3) is 38.0 Å². The molecule has 23 heavy (non-hydrogen) atoms. The second kappa shape index (κ2) is 4.65. The lowest BCUT2D eigenvalue weighted by Gasteiger charge is -2.14. The van der Waals surface area contributed by atoms with Gasteiger partial charge in [0.1, 0.15) is 0 Å². The molecule has 4 aromatic carbocycles. The van der Waals surface area contributed by atoms with E-state index in [0.29, 0.717) is 0 Å². The normalized spacial score (nSPS) is 14.3. The first kappa shape index (κ1) is 12.4. The first-order valence-corrected chi connectivity index (χ1v) is 7.62. The Morgan fingerprint density at radius 3 is 2.48 bits per heavy atom. The van der Waals surface area contributed by atoms with Gasteiger partial charge in [-0.1, -0.05) is 53.8 Å². The summed E-state index contributed by atoms with van der Waals surface area (Å²) in [4.78, 5) is 0. The molecule has 1 N–H and O–H groups in total. The highest BCUT2D eigenvalue weighted by atomic mass is 15.4. The summed E-state index contributed by atoms with van der Waals surface area (Å²) in [5.74, 6) is 0. The molecule has 1 heterocycles. The fourth-order valence-electron chi connectivity index (χ4n) is 3.45. The first-order chi connectivity index (χ1) is 11.4.